The first kappa shape index (κ1) is 26.8. The van der Waals surface area contributed by atoms with Crippen molar-refractivity contribution in [3.8, 4) is 11.5 Å². The smallest absolute Gasteiger partial charge is 0.282 e. The molecule has 0 aliphatic heterocycles. The molecule has 0 saturated carbocycles. The van der Waals surface area contributed by atoms with Crippen molar-refractivity contribution in [2.45, 2.75) is 39.7 Å². The van der Waals surface area contributed by atoms with Crippen molar-refractivity contribution in [3.05, 3.63) is 97.2 Å². The minimum Gasteiger partial charge on any atom is -0.490 e. The second-order valence-electron chi connectivity index (χ2n) is 8.45. The second-order valence-corrected chi connectivity index (χ2v) is 9.77. The van der Waals surface area contributed by atoms with E-state index in [1.807, 2.05) is 32.9 Å². The van der Waals surface area contributed by atoms with E-state index in [2.05, 4.69) is 21.0 Å². The van der Waals surface area contributed by atoms with Gasteiger partial charge in [0.1, 0.15) is 18.2 Å². The summed E-state index contributed by atoms with van der Waals surface area (Å²) in [6.45, 7) is 6.24. The lowest BCUT2D eigenvalue weighted by Gasteiger charge is -2.15. The molecule has 3 aromatic carbocycles. The molecule has 0 unspecified atom stereocenters. The van der Waals surface area contributed by atoms with Gasteiger partial charge in [-0.3, -0.25) is 4.79 Å². The molecular weight excluding hydrogens is 561 g/mol. The average Bonchev–Trinajstić information content (AvgIpc) is 2.88. The van der Waals surface area contributed by atoms with Crippen LogP contribution in [0, 0.1) is 5.82 Å². The first-order valence-electron chi connectivity index (χ1n) is 11.9. The van der Waals surface area contributed by atoms with Crippen LogP contribution in [0.5, 0.6) is 11.5 Å². The van der Waals surface area contributed by atoms with E-state index in [0.717, 1.165) is 10.9 Å². The monoisotopic (exact) mass is 585 g/mol. The summed E-state index contributed by atoms with van der Waals surface area (Å²) in [5, 5.41) is 5.24. The Morgan fingerprint density at radius 2 is 1.95 bits per heavy atom. The number of halogens is 3. The van der Waals surface area contributed by atoms with Gasteiger partial charge >= 0.3 is 0 Å². The maximum Gasteiger partial charge on any atom is 0.282 e. The van der Waals surface area contributed by atoms with Crippen molar-refractivity contribution in [1.82, 2.24) is 9.66 Å². The Balaban J connectivity index is 1.72. The number of rotatable bonds is 9. The average molecular weight is 587 g/mol. The highest BCUT2D eigenvalue weighted by Crippen LogP contribution is 2.37. The number of hydrogen-bond acceptors (Lipinski definition) is 5. The summed E-state index contributed by atoms with van der Waals surface area (Å²) in [7, 11) is 0. The lowest BCUT2D eigenvalue weighted by Crippen LogP contribution is -2.23. The van der Waals surface area contributed by atoms with Gasteiger partial charge < -0.3 is 9.47 Å². The van der Waals surface area contributed by atoms with Crippen LogP contribution in [-0.2, 0) is 6.61 Å². The van der Waals surface area contributed by atoms with Gasteiger partial charge in [0.05, 0.1) is 28.7 Å². The molecule has 6 nitrogen and oxygen atoms in total. The van der Waals surface area contributed by atoms with Crippen molar-refractivity contribution in [1.29, 1.82) is 0 Å². The van der Waals surface area contributed by atoms with Gasteiger partial charge in [-0.1, -0.05) is 59.6 Å². The number of fused-ring (bicyclic) bond motifs is 1. The fourth-order valence-electron chi connectivity index (χ4n) is 3.73. The molecule has 0 spiro atoms. The fraction of sp³-hybridized carbons (Fsp3) is 0.250. The Bertz CT molecular complexity index is 1520. The number of nitrogens with zero attached hydrogens (tertiary/aromatic N) is 3. The van der Waals surface area contributed by atoms with E-state index in [9.17, 15) is 9.18 Å². The van der Waals surface area contributed by atoms with Crippen LogP contribution in [0.4, 0.5) is 4.39 Å². The van der Waals surface area contributed by atoms with Gasteiger partial charge in [-0.15, -0.1) is 0 Å². The highest BCUT2D eigenvalue weighted by molar-refractivity contribution is 9.10. The second kappa shape index (κ2) is 11.9. The van der Waals surface area contributed by atoms with Crippen LogP contribution in [0.15, 0.2) is 69.0 Å². The van der Waals surface area contributed by atoms with Crippen molar-refractivity contribution in [2.75, 3.05) is 6.61 Å². The minimum atomic E-state index is -0.362. The molecule has 0 aliphatic carbocycles. The molecule has 4 rings (SSSR count). The van der Waals surface area contributed by atoms with Crippen molar-refractivity contribution >= 4 is 44.6 Å². The molecule has 0 fully saturated rings. The zero-order valence-electron chi connectivity index (χ0n) is 20.7. The Labute approximate surface area is 227 Å². The molecule has 0 N–H and O–H groups in total. The number of benzene rings is 3. The molecule has 1 atom stereocenters. The van der Waals surface area contributed by atoms with Crippen LogP contribution in [0.3, 0.4) is 0 Å². The highest BCUT2D eigenvalue weighted by Gasteiger charge is 2.17. The molecule has 4 aromatic rings. The summed E-state index contributed by atoms with van der Waals surface area (Å²) < 4.78 is 27.7. The lowest BCUT2D eigenvalue weighted by molar-refractivity contribution is 0.266. The quantitative estimate of drug-likeness (QED) is 0.193. The van der Waals surface area contributed by atoms with E-state index >= 15 is 0 Å². The first-order chi connectivity index (χ1) is 17.8. The maximum atomic E-state index is 14.0. The zero-order chi connectivity index (χ0) is 26.5. The topological polar surface area (TPSA) is 65.7 Å². The molecule has 0 amide bonds. The van der Waals surface area contributed by atoms with Crippen LogP contribution >= 0.6 is 27.5 Å². The van der Waals surface area contributed by atoms with E-state index in [1.54, 1.807) is 36.4 Å². The third-order valence-corrected chi connectivity index (χ3v) is 6.64. The van der Waals surface area contributed by atoms with Gasteiger partial charge in [-0.25, -0.2) is 9.37 Å². The lowest BCUT2D eigenvalue weighted by atomic mass is 10.1. The third kappa shape index (κ3) is 6.02. The molecule has 192 valence electrons. The predicted molar refractivity (Wildman–Crippen MR) is 149 cm³/mol. The summed E-state index contributed by atoms with van der Waals surface area (Å²) in [5.41, 5.74) is 1.36. The standard InChI is InChI=1S/C28H26BrClFN3O3/c1-4-17(3)27-33-24-11-10-20(29)14-21(24)28(35)34(27)32-15-18-12-22(30)26(25(13-18)36-5-2)37-16-19-8-6-7-9-23(19)31/h6-15,17H,4-5,16H2,1-3H3/t17-/m1/s1. The van der Waals surface area contributed by atoms with Crippen molar-refractivity contribution in [3.63, 3.8) is 0 Å². The van der Waals surface area contributed by atoms with Crippen LogP contribution in [0.2, 0.25) is 5.02 Å². The van der Waals surface area contributed by atoms with Gasteiger partial charge in [0.25, 0.3) is 5.56 Å². The molecule has 1 aromatic heterocycles. The van der Waals surface area contributed by atoms with E-state index in [0.29, 0.717) is 46.0 Å². The first-order valence-corrected chi connectivity index (χ1v) is 13.1. The molecule has 9 heteroatoms. The summed E-state index contributed by atoms with van der Waals surface area (Å²) in [6.07, 6.45) is 2.33. The zero-order valence-corrected chi connectivity index (χ0v) is 23.0. The molecule has 1 heterocycles. The summed E-state index contributed by atoms with van der Waals surface area (Å²) in [4.78, 5) is 18.1. The Morgan fingerprint density at radius 1 is 1.16 bits per heavy atom. The normalized spacial score (nSPS) is 12.3. The van der Waals surface area contributed by atoms with E-state index in [4.69, 9.17) is 26.1 Å². The molecule has 0 saturated heterocycles. The van der Waals surface area contributed by atoms with E-state index in [-0.39, 0.29) is 28.9 Å². The number of ether oxygens (including phenoxy) is 2. The van der Waals surface area contributed by atoms with Crippen molar-refractivity contribution < 1.29 is 13.9 Å². The van der Waals surface area contributed by atoms with Crippen LogP contribution in [0.1, 0.15) is 50.1 Å². The summed E-state index contributed by atoms with van der Waals surface area (Å²) >= 11 is 9.96. The molecule has 0 bridgehead atoms. The van der Waals surface area contributed by atoms with E-state index < -0.39 is 0 Å². The molecule has 0 aliphatic rings. The summed E-state index contributed by atoms with van der Waals surface area (Å²) in [5.74, 6) is 0.912. The molecule has 0 radical (unpaired) electrons. The highest BCUT2D eigenvalue weighted by atomic mass is 79.9. The summed E-state index contributed by atoms with van der Waals surface area (Å²) in [6, 6.07) is 15.2. The molecule has 37 heavy (non-hydrogen) atoms. The number of hydrogen-bond donors (Lipinski definition) is 0. The third-order valence-electron chi connectivity index (χ3n) is 5.87. The maximum absolute atomic E-state index is 14.0. The van der Waals surface area contributed by atoms with Crippen molar-refractivity contribution in [2.24, 2.45) is 5.10 Å². The van der Waals surface area contributed by atoms with Crippen LogP contribution in [-0.4, -0.2) is 22.5 Å². The predicted octanol–water partition coefficient (Wildman–Crippen LogP) is 7.32. The Morgan fingerprint density at radius 3 is 2.68 bits per heavy atom. The van der Waals surface area contributed by atoms with Crippen LogP contribution in [0.25, 0.3) is 10.9 Å². The van der Waals surface area contributed by atoms with Gasteiger partial charge in [0.15, 0.2) is 11.5 Å². The van der Waals surface area contributed by atoms with Gasteiger partial charge in [0.2, 0.25) is 0 Å². The van der Waals surface area contributed by atoms with Gasteiger partial charge in [-0.05, 0) is 55.3 Å². The minimum absolute atomic E-state index is 0.00805. The fourth-order valence-corrected chi connectivity index (χ4v) is 4.37. The van der Waals surface area contributed by atoms with Gasteiger partial charge in [-0.2, -0.15) is 9.78 Å². The Hall–Kier alpha value is -3.23. The van der Waals surface area contributed by atoms with Gasteiger partial charge in [0, 0.05) is 16.0 Å². The van der Waals surface area contributed by atoms with E-state index in [1.165, 1.54) is 17.0 Å². The Kier molecular flexibility index (Phi) is 8.61. The largest absolute Gasteiger partial charge is 0.490 e. The van der Waals surface area contributed by atoms with Crippen LogP contribution < -0.4 is 15.0 Å². The SMILES string of the molecule is CCOc1cc(C=Nn2c([C@H](C)CC)nc3ccc(Br)cc3c2=O)cc(Cl)c1OCc1ccccc1F. The molecular formula is C28H26BrClFN3O3. The number of aromatic nitrogens is 2.